The van der Waals surface area contributed by atoms with Crippen LogP contribution in [0.5, 0.6) is 5.75 Å². The van der Waals surface area contributed by atoms with E-state index < -0.39 is 10.0 Å². The van der Waals surface area contributed by atoms with Gasteiger partial charge in [-0.3, -0.25) is 0 Å². The maximum Gasteiger partial charge on any atom is 0.243 e. The molecule has 5 heteroatoms. The second kappa shape index (κ2) is 8.44. The van der Waals surface area contributed by atoms with Crippen molar-refractivity contribution >= 4 is 10.0 Å². The molecule has 1 aliphatic rings. The van der Waals surface area contributed by atoms with Crippen LogP contribution in [0.2, 0.25) is 0 Å². The summed E-state index contributed by atoms with van der Waals surface area (Å²) in [6.45, 7) is 4.78. The van der Waals surface area contributed by atoms with E-state index in [0.717, 1.165) is 42.6 Å². The first-order valence-electron chi connectivity index (χ1n) is 9.69. The number of sulfonamides is 1. The molecule has 0 N–H and O–H groups in total. The highest BCUT2D eigenvalue weighted by molar-refractivity contribution is 7.89. The normalized spacial score (nSPS) is 19.0. The fraction of sp³-hybridized carbons (Fsp3) is 0.455. The number of hydrogen-bond acceptors (Lipinski definition) is 3. The van der Waals surface area contributed by atoms with Crippen LogP contribution in [-0.4, -0.2) is 26.4 Å². The third kappa shape index (κ3) is 4.36. The summed E-state index contributed by atoms with van der Waals surface area (Å²) in [4.78, 5) is 0.382. The Bertz CT molecular complexity index is 842. The van der Waals surface area contributed by atoms with Crippen molar-refractivity contribution < 1.29 is 13.2 Å². The zero-order chi connectivity index (χ0) is 19.4. The van der Waals surface area contributed by atoms with E-state index in [9.17, 15) is 8.42 Å². The molecule has 1 aliphatic heterocycles. The van der Waals surface area contributed by atoms with Crippen molar-refractivity contribution in [2.45, 2.75) is 56.4 Å². The Hall–Kier alpha value is -1.85. The molecule has 2 aromatic carbocycles. The van der Waals surface area contributed by atoms with Gasteiger partial charge in [-0.25, -0.2) is 8.42 Å². The van der Waals surface area contributed by atoms with Crippen molar-refractivity contribution in [1.82, 2.24) is 4.31 Å². The first-order chi connectivity index (χ1) is 12.9. The second-order valence-corrected chi connectivity index (χ2v) is 9.37. The lowest BCUT2D eigenvalue weighted by atomic mass is 10.0. The predicted molar refractivity (Wildman–Crippen MR) is 109 cm³/mol. The molecule has 0 bridgehead atoms. The number of methoxy groups -OCH3 is 1. The molecule has 146 valence electrons. The van der Waals surface area contributed by atoms with Crippen molar-refractivity contribution in [3.8, 4) is 5.75 Å². The molecule has 0 amide bonds. The summed E-state index contributed by atoms with van der Waals surface area (Å²) < 4.78 is 33.8. The molecule has 27 heavy (non-hydrogen) atoms. The summed E-state index contributed by atoms with van der Waals surface area (Å²) in [5, 5.41) is 0. The number of benzene rings is 2. The molecule has 4 nitrogen and oxygen atoms in total. The van der Waals surface area contributed by atoms with Crippen LogP contribution in [0.15, 0.2) is 53.4 Å². The average Bonchev–Trinajstić information content (AvgIpc) is 2.95. The van der Waals surface area contributed by atoms with Crippen LogP contribution in [0.3, 0.4) is 0 Å². The standard InChI is InChI=1S/C22H29NO3S/c1-17(2)18-10-14-21(15-11-18)27(24,25)23-16-6-4-5-7-22(23)19-8-12-20(26-3)13-9-19/h8-15,17,22H,4-7,16H2,1-3H3/t22-/m0/s1. The highest BCUT2D eigenvalue weighted by Gasteiger charge is 2.33. The first kappa shape index (κ1) is 19.9. The van der Waals surface area contributed by atoms with Crippen LogP contribution >= 0.6 is 0 Å². The lowest BCUT2D eigenvalue weighted by Crippen LogP contribution is -2.34. The summed E-state index contributed by atoms with van der Waals surface area (Å²) in [5.74, 6) is 1.16. The highest BCUT2D eigenvalue weighted by Crippen LogP contribution is 2.35. The van der Waals surface area contributed by atoms with Crippen LogP contribution in [-0.2, 0) is 10.0 Å². The molecule has 0 aromatic heterocycles. The minimum Gasteiger partial charge on any atom is -0.497 e. The molecule has 1 fully saturated rings. The smallest absolute Gasteiger partial charge is 0.243 e. The van der Waals surface area contributed by atoms with Gasteiger partial charge in [-0.1, -0.05) is 51.0 Å². The molecule has 0 radical (unpaired) electrons. The Labute approximate surface area is 163 Å². The van der Waals surface area contributed by atoms with Gasteiger partial charge in [0, 0.05) is 6.54 Å². The molecule has 0 spiro atoms. The quantitative estimate of drug-likeness (QED) is 0.715. The molecule has 1 saturated heterocycles. The molecule has 1 heterocycles. The van der Waals surface area contributed by atoms with Gasteiger partial charge in [0.05, 0.1) is 18.0 Å². The lowest BCUT2D eigenvalue weighted by molar-refractivity contribution is 0.328. The van der Waals surface area contributed by atoms with Gasteiger partial charge in [0.2, 0.25) is 10.0 Å². The van der Waals surface area contributed by atoms with Crippen molar-refractivity contribution in [2.24, 2.45) is 0 Å². The van der Waals surface area contributed by atoms with Crippen LogP contribution < -0.4 is 4.74 Å². The van der Waals surface area contributed by atoms with E-state index in [1.807, 2.05) is 36.4 Å². The fourth-order valence-electron chi connectivity index (χ4n) is 3.69. The van der Waals surface area contributed by atoms with Gasteiger partial charge >= 0.3 is 0 Å². The van der Waals surface area contributed by atoms with Crippen LogP contribution in [0, 0.1) is 0 Å². The monoisotopic (exact) mass is 387 g/mol. The number of rotatable bonds is 5. The Balaban J connectivity index is 1.95. The molecule has 0 unspecified atom stereocenters. The highest BCUT2D eigenvalue weighted by atomic mass is 32.2. The molecule has 0 saturated carbocycles. The van der Waals surface area contributed by atoms with Gasteiger partial charge in [0.1, 0.15) is 5.75 Å². The van der Waals surface area contributed by atoms with Gasteiger partial charge in [-0.15, -0.1) is 0 Å². The van der Waals surface area contributed by atoms with E-state index in [1.54, 1.807) is 23.5 Å². The van der Waals surface area contributed by atoms with E-state index in [0.29, 0.717) is 17.4 Å². The minimum absolute atomic E-state index is 0.131. The third-order valence-electron chi connectivity index (χ3n) is 5.36. The van der Waals surface area contributed by atoms with Gasteiger partial charge in [0.25, 0.3) is 0 Å². The predicted octanol–water partition coefficient (Wildman–Crippen LogP) is 5.12. The fourth-order valence-corrected chi connectivity index (χ4v) is 5.37. The summed E-state index contributed by atoms with van der Waals surface area (Å²) in [7, 11) is -1.90. The summed E-state index contributed by atoms with van der Waals surface area (Å²) in [6.07, 6.45) is 3.84. The van der Waals surface area contributed by atoms with E-state index in [4.69, 9.17) is 4.74 Å². The maximum absolute atomic E-state index is 13.4. The summed E-state index contributed by atoms with van der Waals surface area (Å²) in [6, 6.07) is 15.0. The van der Waals surface area contributed by atoms with Gasteiger partial charge in [0.15, 0.2) is 0 Å². The second-order valence-electron chi connectivity index (χ2n) is 7.48. The zero-order valence-electron chi connectivity index (χ0n) is 16.4. The van der Waals surface area contributed by atoms with Gasteiger partial charge < -0.3 is 4.74 Å². The van der Waals surface area contributed by atoms with E-state index in [-0.39, 0.29) is 6.04 Å². The molecule has 1 atom stereocenters. The Morgan fingerprint density at radius 3 is 2.22 bits per heavy atom. The average molecular weight is 388 g/mol. The Morgan fingerprint density at radius 1 is 0.963 bits per heavy atom. The third-order valence-corrected chi connectivity index (χ3v) is 7.28. The van der Waals surface area contributed by atoms with Crippen LogP contribution in [0.25, 0.3) is 0 Å². The minimum atomic E-state index is -3.54. The van der Waals surface area contributed by atoms with E-state index in [2.05, 4.69) is 13.8 Å². The maximum atomic E-state index is 13.4. The van der Waals surface area contributed by atoms with Crippen LogP contribution in [0.4, 0.5) is 0 Å². The molecule has 2 aromatic rings. The van der Waals surface area contributed by atoms with Crippen molar-refractivity contribution in [3.05, 3.63) is 59.7 Å². The first-order valence-corrected chi connectivity index (χ1v) is 11.1. The molecule has 0 aliphatic carbocycles. The topological polar surface area (TPSA) is 46.6 Å². The van der Waals surface area contributed by atoms with Crippen molar-refractivity contribution in [2.75, 3.05) is 13.7 Å². The van der Waals surface area contributed by atoms with Gasteiger partial charge in [-0.2, -0.15) is 4.31 Å². The summed E-state index contributed by atoms with van der Waals surface area (Å²) >= 11 is 0. The largest absolute Gasteiger partial charge is 0.497 e. The zero-order valence-corrected chi connectivity index (χ0v) is 17.2. The number of nitrogens with zero attached hydrogens (tertiary/aromatic N) is 1. The molecule has 3 rings (SSSR count). The van der Waals surface area contributed by atoms with E-state index in [1.165, 1.54) is 0 Å². The summed E-state index contributed by atoms with van der Waals surface area (Å²) in [5.41, 5.74) is 2.18. The molecular weight excluding hydrogens is 358 g/mol. The van der Waals surface area contributed by atoms with E-state index >= 15 is 0 Å². The van der Waals surface area contributed by atoms with Crippen molar-refractivity contribution in [3.63, 3.8) is 0 Å². The van der Waals surface area contributed by atoms with Crippen LogP contribution in [0.1, 0.15) is 62.6 Å². The Morgan fingerprint density at radius 2 is 1.63 bits per heavy atom. The molecular formula is C22H29NO3S. The van der Waals surface area contributed by atoms with Gasteiger partial charge in [-0.05, 0) is 54.2 Å². The number of ether oxygens (including phenoxy) is 1. The van der Waals surface area contributed by atoms with Crippen molar-refractivity contribution in [1.29, 1.82) is 0 Å². The Kier molecular flexibility index (Phi) is 6.22. The SMILES string of the molecule is COc1ccc([C@@H]2CCCCCN2S(=O)(=O)c2ccc(C(C)C)cc2)cc1. The number of hydrogen-bond donors (Lipinski definition) is 0. The lowest BCUT2D eigenvalue weighted by Gasteiger charge is -2.29.